The summed E-state index contributed by atoms with van der Waals surface area (Å²) in [7, 11) is 1.92. The average molecular weight is 339 g/mol. The molecular formula is C13H9BrClN3O. The third-order valence-corrected chi connectivity index (χ3v) is 3.51. The van der Waals surface area contributed by atoms with Crippen molar-refractivity contribution < 1.29 is 4.74 Å². The van der Waals surface area contributed by atoms with Crippen LogP contribution in [0, 0.1) is 0 Å². The highest BCUT2D eigenvalue weighted by molar-refractivity contribution is 9.10. The molecule has 0 saturated heterocycles. The van der Waals surface area contributed by atoms with Crippen molar-refractivity contribution >= 4 is 38.6 Å². The summed E-state index contributed by atoms with van der Waals surface area (Å²) in [6, 6.07) is 7.30. The molecular weight excluding hydrogens is 330 g/mol. The van der Waals surface area contributed by atoms with Gasteiger partial charge in [-0.3, -0.25) is 0 Å². The summed E-state index contributed by atoms with van der Waals surface area (Å²) in [5.41, 5.74) is 1.66. The van der Waals surface area contributed by atoms with Crippen molar-refractivity contribution in [2.75, 3.05) is 0 Å². The van der Waals surface area contributed by atoms with E-state index in [0.29, 0.717) is 22.2 Å². The molecule has 2 heterocycles. The molecule has 2 aromatic heterocycles. The summed E-state index contributed by atoms with van der Waals surface area (Å²) in [4.78, 5) is 8.50. The number of nitrogens with zero attached hydrogens (tertiary/aromatic N) is 3. The second-order valence-corrected chi connectivity index (χ2v) is 5.34. The molecule has 0 unspecified atom stereocenters. The summed E-state index contributed by atoms with van der Waals surface area (Å²) in [5, 5.41) is 0.526. The molecule has 1 aromatic carbocycles. The van der Waals surface area contributed by atoms with Gasteiger partial charge in [-0.05, 0) is 24.3 Å². The second-order valence-electron chi connectivity index (χ2n) is 4.02. The fourth-order valence-corrected chi connectivity index (χ4v) is 2.27. The van der Waals surface area contributed by atoms with E-state index in [1.165, 1.54) is 0 Å². The molecule has 0 radical (unpaired) electrons. The van der Waals surface area contributed by atoms with Gasteiger partial charge in [0.2, 0.25) is 5.88 Å². The highest BCUT2D eigenvalue weighted by Gasteiger charge is 2.11. The van der Waals surface area contributed by atoms with Crippen molar-refractivity contribution in [3.8, 4) is 11.6 Å². The third-order valence-electron chi connectivity index (χ3n) is 2.71. The molecule has 96 valence electrons. The SMILES string of the molecule is Cn1cnc2c(Oc3cc(Br)ccc3Cl)nccc21. The van der Waals surface area contributed by atoms with Crippen LogP contribution >= 0.6 is 27.5 Å². The highest BCUT2D eigenvalue weighted by Crippen LogP contribution is 2.33. The molecule has 0 aliphatic carbocycles. The van der Waals surface area contributed by atoms with Gasteiger partial charge in [-0.1, -0.05) is 27.5 Å². The van der Waals surface area contributed by atoms with E-state index < -0.39 is 0 Å². The predicted molar refractivity (Wildman–Crippen MR) is 77.7 cm³/mol. The maximum absolute atomic E-state index is 6.10. The molecule has 4 nitrogen and oxygen atoms in total. The normalized spacial score (nSPS) is 10.9. The minimum absolute atomic E-state index is 0.443. The number of benzene rings is 1. The molecule has 6 heteroatoms. The van der Waals surface area contributed by atoms with Crippen LogP contribution in [0.5, 0.6) is 11.6 Å². The van der Waals surface area contributed by atoms with Gasteiger partial charge in [-0.25, -0.2) is 9.97 Å². The van der Waals surface area contributed by atoms with Gasteiger partial charge in [0.25, 0.3) is 0 Å². The number of pyridine rings is 1. The number of halogens is 2. The van der Waals surface area contributed by atoms with Crippen LogP contribution < -0.4 is 4.74 Å². The molecule has 0 atom stereocenters. The number of rotatable bonds is 2. The van der Waals surface area contributed by atoms with Gasteiger partial charge in [-0.2, -0.15) is 0 Å². The van der Waals surface area contributed by atoms with Crippen LogP contribution in [0.2, 0.25) is 5.02 Å². The fraction of sp³-hybridized carbons (Fsp3) is 0.0769. The number of aromatic nitrogens is 3. The summed E-state index contributed by atoms with van der Waals surface area (Å²) in [5.74, 6) is 0.986. The summed E-state index contributed by atoms with van der Waals surface area (Å²) < 4.78 is 8.57. The van der Waals surface area contributed by atoms with Crippen molar-refractivity contribution in [2.24, 2.45) is 7.05 Å². The minimum Gasteiger partial charge on any atom is -0.435 e. The number of imidazole rings is 1. The molecule has 0 aliphatic rings. The van der Waals surface area contributed by atoms with Crippen molar-refractivity contribution in [2.45, 2.75) is 0 Å². The number of aryl methyl sites for hydroxylation is 1. The Bertz CT molecular complexity index is 757. The van der Waals surface area contributed by atoms with E-state index in [1.54, 1.807) is 24.7 Å². The molecule has 0 N–H and O–H groups in total. The second kappa shape index (κ2) is 4.83. The van der Waals surface area contributed by atoms with E-state index in [4.69, 9.17) is 16.3 Å². The summed E-state index contributed by atoms with van der Waals surface area (Å²) in [6.07, 6.45) is 3.41. The Balaban J connectivity index is 2.08. The Labute approximate surface area is 123 Å². The van der Waals surface area contributed by atoms with E-state index in [-0.39, 0.29) is 0 Å². The van der Waals surface area contributed by atoms with Crippen molar-refractivity contribution in [1.29, 1.82) is 0 Å². The quantitative estimate of drug-likeness (QED) is 0.704. The lowest BCUT2D eigenvalue weighted by molar-refractivity contribution is 0.468. The van der Waals surface area contributed by atoms with Gasteiger partial charge in [-0.15, -0.1) is 0 Å². The molecule has 3 rings (SSSR count). The first-order valence-electron chi connectivity index (χ1n) is 5.54. The van der Waals surface area contributed by atoms with Crippen LogP contribution in [0.15, 0.2) is 41.3 Å². The zero-order chi connectivity index (χ0) is 13.4. The first-order chi connectivity index (χ1) is 9.15. The van der Waals surface area contributed by atoms with Crippen LogP contribution in [-0.2, 0) is 7.05 Å². The largest absolute Gasteiger partial charge is 0.435 e. The Morgan fingerprint density at radius 3 is 2.95 bits per heavy atom. The zero-order valence-corrected chi connectivity index (χ0v) is 12.3. The average Bonchev–Trinajstić information content (AvgIpc) is 2.77. The van der Waals surface area contributed by atoms with E-state index in [0.717, 1.165) is 9.99 Å². The summed E-state index contributed by atoms with van der Waals surface area (Å²) in [6.45, 7) is 0. The number of hydrogen-bond acceptors (Lipinski definition) is 3. The first kappa shape index (κ1) is 12.4. The molecule has 3 aromatic rings. The molecule has 19 heavy (non-hydrogen) atoms. The molecule has 0 saturated carbocycles. The fourth-order valence-electron chi connectivity index (χ4n) is 1.77. The smallest absolute Gasteiger partial charge is 0.247 e. The van der Waals surface area contributed by atoms with Gasteiger partial charge in [0.1, 0.15) is 5.75 Å². The lowest BCUT2D eigenvalue weighted by Gasteiger charge is -2.07. The number of fused-ring (bicyclic) bond motifs is 1. The predicted octanol–water partition coefficient (Wildman–Crippen LogP) is 4.18. The lowest BCUT2D eigenvalue weighted by atomic mass is 10.3. The van der Waals surface area contributed by atoms with E-state index in [1.807, 2.05) is 23.7 Å². The van der Waals surface area contributed by atoms with Crippen LogP contribution in [0.4, 0.5) is 0 Å². The maximum atomic E-state index is 6.10. The maximum Gasteiger partial charge on any atom is 0.247 e. The monoisotopic (exact) mass is 337 g/mol. The van der Waals surface area contributed by atoms with E-state index in [2.05, 4.69) is 25.9 Å². The molecule has 0 bridgehead atoms. The standard InChI is InChI=1S/C13H9BrClN3O/c1-18-7-17-12-10(18)4-5-16-13(12)19-11-6-8(14)2-3-9(11)15/h2-7H,1H3. The molecule has 0 amide bonds. The van der Waals surface area contributed by atoms with Crippen molar-refractivity contribution in [3.05, 3.63) is 46.3 Å². The topological polar surface area (TPSA) is 39.9 Å². The van der Waals surface area contributed by atoms with Crippen molar-refractivity contribution in [1.82, 2.24) is 14.5 Å². The van der Waals surface area contributed by atoms with Gasteiger partial charge in [0, 0.05) is 17.7 Å². The zero-order valence-electron chi connectivity index (χ0n) is 9.97. The molecule has 0 spiro atoms. The molecule has 0 fully saturated rings. The minimum atomic E-state index is 0.443. The van der Waals surface area contributed by atoms with Crippen LogP contribution in [0.3, 0.4) is 0 Å². The highest BCUT2D eigenvalue weighted by atomic mass is 79.9. The Hall–Kier alpha value is -1.59. The van der Waals surface area contributed by atoms with Crippen LogP contribution in [-0.4, -0.2) is 14.5 Å². The van der Waals surface area contributed by atoms with Gasteiger partial charge in [0.15, 0.2) is 5.52 Å². The van der Waals surface area contributed by atoms with Gasteiger partial charge in [0.05, 0.1) is 16.9 Å². The Morgan fingerprint density at radius 1 is 1.26 bits per heavy atom. The molecule has 0 aliphatic heterocycles. The first-order valence-corrected chi connectivity index (χ1v) is 6.71. The van der Waals surface area contributed by atoms with Crippen LogP contribution in [0.25, 0.3) is 11.0 Å². The number of ether oxygens (including phenoxy) is 1. The number of hydrogen-bond donors (Lipinski definition) is 0. The lowest BCUT2D eigenvalue weighted by Crippen LogP contribution is -1.91. The summed E-state index contributed by atoms with van der Waals surface area (Å²) >= 11 is 9.49. The van der Waals surface area contributed by atoms with Crippen LogP contribution in [0.1, 0.15) is 0 Å². The third kappa shape index (κ3) is 2.31. The Morgan fingerprint density at radius 2 is 2.11 bits per heavy atom. The van der Waals surface area contributed by atoms with E-state index >= 15 is 0 Å². The Kier molecular flexibility index (Phi) is 3.16. The van der Waals surface area contributed by atoms with Crippen molar-refractivity contribution in [3.63, 3.8) is 0 Å². The van der Waals surface area contributed by atoms with Gasteiger partial charge >= 0.3 is 0 Å². The van der Waals surface area contributed by atoms with Gasteiger partial charge < -0.3 is 9.30 Å². The van der Waals surface area contributed by atoms with E-state index in [9.17, 15) is 0 Å².